The second-order valence-electron chi connectivity index (χ2n) is 8.89. The molecule has 0 bridgehead atoms. The summed E-state index contributed by atoms with van der Waals surface area (Å²) >= 11 is 0. The summed E-state index contributed by atoms with van der Waals surface area (Å²) in [7, 11) is 0. The van der Waals surface area contributed by atoms with E-state index in [0.29, 0.717) is 49.9 Å². The Kier molecular flexibility index (Phi) is 16.6. The Bertz CT molecular complexity index is 385. The second-order valence-corrected chi connectivity index (χ2v) is 8.89. The second kappa shape index (κ2) is 17.0. The van der Waals surface area contributed by atoms with Crippen LogP contribution < -0.4 is 5.11 Å². The van der Waals surface area contributed by atoms with Crippen molar-refractivity contribution >= 4 is 5.97 Å². The van der Waals surface area contributed by atoms with Gasteiger partial charge in [-0.25, -0.2) is 0 Å². The maximum absolute atomic E-state index is 11.2. The number of unbranched alkanes of at least 4 members (excludes halogenated alkanes) is 6. The SMILES string of the molecule is CCCCCCC(O)C[N+](CCO)(CCC(C)C(=O)[O-])CC(O)CCCCCC. The minimum Gasteiger partial charge on any atom is -0.550 e. The smallest absolute Gasteiger partial charge is 0.105 e. The zero-order chi connectivity index (χ0) is 22.1. The van der Waals surface area contributed by atoms with Gasteiger partial charge in [0.25, 0.3) is 0 Å². The zero-order valence-corrected chi connectivity index (χ0v) is 19.2. The molecule has 0 aromatic carbocycles. The van der Waals surface area contributed by atoms with Crippen molar-refractivity contribution in [1.29, 1.82) is 0 Å². The average Bonchev–Trinajstić information content (AvgIpc) is 2.67. The van der Waals surface area contributed by atoms with E-state index in [0.717, 1.165) is 51.4 Å². The summed E-state index contributed by atoms with van der Waals surface area (Å²) in [5.41, 5.74) is 0. The van der Waals surface area contributed by atoms with E-state index in [2.05, 4.69) is 13.8 Å². The van der Waals surface area contributed by atoms with Crippen molar-refractivity contribution in [3.05, 3.63) is 0 Å². The summed E-state index contributed by atoms with van der Waals surface area (Å²) in [5.74, 6) is -1.66. The molecule has 6 nitrogen and oxygen atoms in total. The fraction of sp³-hybridized carbons (Fsp3) is 0.957. The van der Waals surface area contributed by atoms with E-state index in [4.69, 9.17) is 0 Å². The number of hydrogen-bond acceptors (Lipinski definition) is 5. The van der Waals surface area contributed by atoms with Crippen LogP contribution in [0, 0.1) is 5.92 Å². The van der Waals surface area contributed by atoms with Crippen molar-refractivity contribution in [3.63, 3.8) is 0 Å². The molecule has 0 aromatic rings. The first-order valence-corrected chi connectivity index (χ1v) is 11.8. The molecule has 0 radical (unpaired) electrons. The van der Waals surface area contributed by atoms with Gasteiger partial charge in [0.2, 0.25) is 0 Å². The van der Waals surface area contributed by atoms with Gasteiger partial charge in [0.15, 0.2) is 0 Å². The molecule has 174 valence electrons. The van der Waals surface area contributed by atoms with Gasteiger partial charge in [-0.1, -0.05) is 72.1 Å². The van der Waals surface area contributed by atoms with Crippen LogP contribution in [0.5, 0.6) is 0 Å². The molecule has 0 aliphatic rings. The first-order chi connectivity index (χ1) is 13.8. The highest BCUT2D eigenvalue weighted by atomic mass is 16.4. The van der Waals surface area contributed by atoms with Crippen molar-refractivity contribution in [1.82, 2.24) is 0 Å². The highest BCUT2D eigenvalue weighted by Gasteiger charge is 2.33. The van der Waals surface area contributed by atoms with Crippen LogP contribution in [0.1, 0.15) is 91.4 Å². The van der Waals surface area contributed by atoms with Gasteiger partial charge in [-0.15, -0.1) is 0 Å². The Morgan fingerprint density at radius 3 is 1.69 bits per heavy atom. The highest BCUT2D eigenvalue weighted by Crippen LogP contribution is 2.19. The Labute approximate surface area is 178 Å². The number of aliphatic carboxylic acids is 1. The van der Waals surface area contributed by atoms with Gasteiger partial charge >= 0.3 is 0 Å². The number of nitrogens with zero attached hydrogens (tertiary/aromatic N) is 1. The van der Waals surface area contributed by atoms with E-state index in [1.54, 1.807) is 6.92 Å². The fourth-order valence-electron chi connectivity index (χ4n) is 4.04. The summed E-state index contributed by atoms with van der Waals surface area (Å²) in [6.45, 7) is 7.69. The van der Waals surface area contributed by atoms with Crippen LogP contribution in [0.15, 0.2) is 0 Å². The van der Waals surface area contributed by atoms with Crippen LogP contribution >= 0.6 is 0 Å². The summed E-state index contributed by atoms with van der Waals surface area (Å²) in [5, 5.41) is 42.1. The first kappa shape index (κ1) is 28.3. The summed E-state index contributed by atoms with van der Waals surface area (Å²) in [6, 6.07) is 0. The normalized spacial score (nSPS) is 16.9. The van der Waals surface area contributed by atoms with Gasteiger partial charge in [-0.3, -0.25) is 0 Å². The van der Waals surface area contributed by atoms with Crippen LogP contribution in [0.3, 0.4) is 0 Å². The van der Waals surface area contributed by atoms with Crippen molar-refractivity contribution in [2.75, 3.05) is 32.8 Å². The quantitative estimate of drug-likeness (QED) is 0.208. The molecule has 0 saturated carbocycles. The maximum Gasteiger partial charge on any atom is 0.105 e. The molecule has 3 atom stereocenters. The molecular formula is C23H47NO5. The molecular weight excluding hydrogens is 370 g/mol. The Morgan fingerprint density at radius 2 is 1.31 bits per heavy atom. The van der Waals surface area contributed by atoms with Gasteiger partial charge < -0.3 is 29.7 Å². The lowest BCUT2D eigenvalue weighted by Crippen LogP contribution is -2.58. The van der Waals surface area contributed by atoms with Gasteiger partial charge in [-0.05, 0) is 12.8 Å². The number of quaternary nitrogens is 1. The van der Waals surface area contributed by atoms with E-state index >= 15 is 0 Å². The fourth-order valence-corrected chi connectivity index (χ4v) is 4.04. The summed E-state index contributed by atoms with van der Waals surface area (Å²) < 4.78 is 0.359. The summed E-state index contributed by atoms with van der Waals surface area (Å²) in [4.78, 5) is 11.2. The van der Waals surface area contributed by atoms with E-state index in [9.17, 15) is 25.2 Å². The van der Waals surface area contributed by atoms with Crippen molar-refractivity contribution in [2.24, 2.45) is 5.92 Å². The van der Waals surface area contributed by atoms with Crippen molar-refractivity contribution < 1.29 is 29.7 Å². The minimum absolute atomic E-state index is 0.0508. The lowest BCUT2D eigenvalue weighted by molar-refractivity contribution is -0.934. The highest BCUT2D eigenvalue weighted by molar-refractivity contribution is 5.66. The Hall–Kier alpha value is -0.690. The number of hydrogen-bond donors (Lipinski definition) is 3. The minimum atomic E-state index is -1.08. The lowest BCUT2D eigenvalue weighted by atomic mass is 10.0. The predicted octanol–water partition coefficient (Wildman–Crippen LogP) is 2.23. The van der Waals surface area contributed by atoms with Gasteiger partial charge in [0, 0.05) is 18.3 Å². The molecule has 0 spiro atoms. The molecule has 3 N–H and O–H groups in total. The number of aliphatic hydroxyl groups is 3. The topological polar surface area (TPSA) is 101 Å². The van der Waals surface area contributed by atoms with Crippen LogP contribution in [0.25, 0.3) is 0 Å². The number of carboxylic acids is 1. The van der Waals surface area contributed by atoms with E-state index in [1.165, 1.54) is 0 Å². The van der Waals surface area contributed by atoms with Crippen LogP contribution in [0.2, 0.25) is 0 Å². The van der Waals surface area contributed by atoms with E-state index in [-0.39, 0.29) is 6.61 Å². The maximum atomic E-state index is 11.2. The molecule has 0 aliphatic carbocycles. The predicted molar refractivity (Wildman–Crippen MR) is 115 cm³/mol. The van der Waals surface area contributed by atoms with Crippen LogP contribution in [-0.4, -0.2) is 70.8 Å². The number of rotatable bonds is 20. The van der Waals surface area contributed by atoms with Crippen LogP contribution in [-0.2, 0) is 4.79 Å². The molecule has 3 unspecified atom stereocenters. The number of carbonyl (C=O) groups is 1. The molecule has 29 heavy (non-hydrogen) atoms. The van der Waals surface area contributed by atoms with E-state index < -0.39 is 24.1 Å². The van der Waals surface area contributed by atoms with Gasteiger partial charge in [0.1, 0.15) is 31.8 Å². The van der Waals surface area contributed by atoms with Gasteiger partial charge in [0.05, 0.1) is 13.2 Å². The third-order valence-electron chi connectivity index (χ3n) is 5.99. The number of aliphatic hydroxyl groups excluding tert-OH is 3. The molecule has 0 amide bonds. The van der Waals surface area contributed by atoms with Crippen molar-refractivity contribution in [2.45, 2.75) is 104 Å². The standard InChI is InChI=1S/C23H47NO5/c1-4-6-8-10-12-21(26)18-24(16-17-25,15-14-20(3)23(28)29)19-22(27)13-11-9-7-5-2/h20-22,25-27H,4-19H2,1-3H3. The molecule has 0 rings (SSSR count). The molecule has 0 saturated heterocycles. The molecule has 0 heterocycles. The lowest BCUT2D eigenvalue weighted by Gasteiger charge is -2.42. The number of carboxylic acid groups (broad SMARTS) is 1. The molecule has 6 heteroatoms. The van der Waals surface area contributed by atoms with Crippen LogP contribution in [0.4, 0.5) is 0 Å². The third kappa shape index (κ3) is 14.0. The Balaban J connectivity index is 5.03. The third-order valence-corrected chi connectivity index (χ3v) is 5.99. The van der Waals surface area contributed by atoms with Gasteiger partial charge in [-0.2, -0.15) is 0 Å². The largest absolute Gasteiger partial charge is 0.550 e. The summed E-state index contributed by atoms with van der Waals surface area (Å²) in [6.07, 6.45) is 9.50. The monoisotopic (exact) mass is 417 g/mol. The molecule has 0 fully saturated rings. The van der Waals surface area contributed by atoms with Crippen molar-refractivity contribution in [3.8, 4) is 0 Å². The first-order valence-electron chi connectivity index (χ1n) is 11.8. The molecule has 0 aliphatic heterocycles. The molecule has 0 aromatic heterocycles. The zero-order valence-electron chi connectivity index (χ0n) is 19.2. The Morgan fingerprint density at radius 1 is 0.828 bits per heavy atom. The number of carbonyl (C=O) groups excluding carboxylic acids is 1. The van der Waals surface area contributed by atoms with E-state index in [1.807, 2.05) is 0 Å². The average molecular weight is 418 g/mol.